The molecule has 0 aliphatic carbocycles. The van der Waals surface area contributed by atoms with Crippen LogP contribution in [0.1, 0.15) is 13.8 Å². The molecule has 0 heterocycles. The largest absolute Gasteiger partial charge is 0.489 e. The van der Waals surface area contributed by atoms with Crippen LogP contribution in [0.15, 0.2) is 29.3 Å². The van der Waals surface area contributed by atoms with E-state index in [2.05, 4.69) is 21.9 Å². The zero-order valence-corrected chi connectivity index (χ0v) is 13.7. The van der Waals surface area contributed by atoms with Crippen LogP contribution < -0.4 is 15.4 Å². The summed E-state index contributed by atoms with van der Waals surface area (Å²) >= 11 is 1.78. The smallest absolute Gasteiger partial charge is 0.191 e. The highest BCUT2D eigenvalue weighted by atomic mass is 32.2. The second-order valence-electron chi connectivity index (χ2n) is 4.53. The summed E-state index contributed by atoms with van der Waals surface area (Å²) in [5.74, 6) is 2.04. The first-order chi connectivity index (χ1) is 10.2. The molecule has 0 bridgehead atoms. The quantitative estimate of drug-likeness (QED) is 0.440. The Hall–Kier alpha value is -1.43. The lowest BCUT2D eigenvalue weighted by Crippen LogP contribution is -2.39. The molecule has 2 N–H and O–H groups in total. The van der Waals surface area contributed by atoms with E-state index < -0.39 is 0 Å². The fraction of sp³-hybridized carbons (Fsp3) is 0.533. The number of nitrogens with one attached hydrogen (secondary N) is 2. The van der Waals surface area contributed by atoms with Crippen molar-refractivity contribution >= 4 is 17.7 Å². The number of ether oxygens (including phenoxy) is 1. The molecule has 1 rings (SSSR count). The second-order valence-corrected chi connectivity index (χ2v) is 5.51. The molecule has 0 saturated carbocycles. The van der Waals surface area contributed by atoms with Gasteiger partial charge in [0.15, 0.2) is 5.96 Å². The molecule has 1 aromatic carbocycles. The van der Waals surface area contributed by atoms with Gasteiger partial charge in [-0.2, -0.15) is 11.8 Å². The molecular weight excluding hydrogens is 289 g/mol. The van der Waals surface area contributed by atoms with Crippen LogP contribution in [0.5, 0.6) is 5.75 Å². The lowest BCUT2D eigenvalue weighted by atomic mass is 10.3. The first kappa shape index (κ1) is 17.6. The molecule has 0 aromatic heterocycles. The zero-order chi connectivity index (χ0) is 15.5. The summed E-state index contributed by atoms with van der Waals surface area (Å²) in [4.78, 5) is 4.47. The minimum atomic E-state index is -0.296. The minimum Gasteiger partial charge on any atom is -0.489 e. The van der Waals surface area contributed by atoms with Crippen LogP contribution in [0, 0.1) is 5.82 Å². The molecule has 1 unspecified atom stereocenters. The Morgan fingerprint density at radius 2 is 2.24 bits per heavy atom. The normalized spacial score (nSPS) is 12.9. The van der Waals surface area contributed by atoms with Gasteiger partial charge in [0, 0.05) is 24.9 Å². The predicted molar refractivity (Wildman–Crippen MR) is 88.9 cm³/mol. The van der Waals surface area contributed by atoms with Gasteiger partial charge in [-0.3, -0.25) is 0 Å². The van der Waals surface area contributed by atoms with Crippen molar-refractivity contribution < 1.29 is 9.13 Å². The third kappa shape index (κ3) is 7.80. The number of hydrogen-bond acceptors (Lipinski definition) is 3. The van der Waals surface area contributed by atoms with Crippen molar-refractivity contribution in [3.05, 3.63) is 30.1 Å². The van der Waals surface area contributed by atoms with Crippen molar-refractivity contribution in [3.63, 3.8) is 0 Å². The highest BCUT2D eigenvalue weighted by Crippen LogP contribution is 2.13. The third-order valence-electron chi connectivity index (χ3n) is 2.58. The highest BCUT2D eigenvalue weighted by molar-refractivity contribution is 7.98. The average molecular weight is 313 g/mol. The van der Waals surface area contributed by atoms with Gasteiger partial charge in [-0.25, -0.2) is 9.38 Å². The molecule has 118 valence electrons. The molecule has 4 nitrogen and oxygen atoms in total. The molecule has 0 radical (unpaired) electrons. The van der Waals surface area contributed by atoms with Gasteiger partial charge in [0.1, 0.15) is 17.7 Å². The van der Waals surface area contributed by atoms with Crippen molar-refractivity contribution in [3.8, 4) is 5.75 Å². The van der Waals surface area contributed by atoms with Crippen LogP contribution >= 0.6 is 11.8 Å². The third-order valence-corrected chi connectivity index (χ3v) is 3.20. The van der Waals surface area contributed by atoms with E-state index in [0.717, 1.165) is 24.8 Å². The van der Waals surface area contributed by atoms with Crippen LogP contribution in [0.25, 0.3) is 0 Å². The topological polar surface area (TPSA) is 45.7 Å². The van der Waals surface area contributed by atoms with Gasteiger partial charge >= 0.3 is 0 Å². The van der Waals surface area contributed by atoms with E-state index in [4.69, 9.17) is 4.74 Å². The average Bonchev–Trinajstić information content (AvgIpc) is 2.45. The summed E-state index contributed by atoms with van der Waals surface area (Å²) in [6.07, 6.45) is 1.95. The molecular formula is C15H24FN3OS. The summed E-state index contributed by atoms with van der Waals surface area (Å²) in [5, 5.41) is 6.44. The number of halogens is 1. The molecule has 0 fully saturated rings. The maximum absolute atomic E-state index is 13.1. The summed E-state index contributed by atoms with van der Waals surface area (Å²) in [5.41, 5.74) is 0. The first-order valence-electron chi connectivity index (χ1n) is 7.09. The monoisotopic (exact) mass is 313 g/mol. The van der Waals surface area contributed by atoms with Crippen LogP contribution in [0.4, 0.5) is 4.39 Å². The maximum Gasteiger partial charge on any atom is 0.191 e. The molecule has 0 spiro atoms. The minimum absolute atomic E-state index is 0.122. The zero-order valence-electron chi connectivity index (χ0n) is 12.9. The van der Waals surface area contributed by atoms with E-state index >= 15 is 0 Å². The molecule has 0 aliphatic rings. The summed E-state index contributed by atoms with van der Waals surface area (Å²) < 4.78 is 18.7. The Labute approximate surface area is 130 Å². The number of aliphatic imine (C=N–C) groups is 1. The van der Waals surface area contributed by atoms with Crippen LogP contribution in [-0.4, -0.2) is 43.7 Å². The molecule has 21 heavy (non-hydrogen) atoms. The molecule has 1 atom stereocenters. The van der Waals surface area contributed by atoms with E-state index in [1.165, 1.54) is 12.1 Å². The summed E-state index contributed by atoms with van der Waals surface area (Å²) in [7, 11) is 0. The molecule has 0 aliphatic heterocycles. The van der Waals surface area contributed by atoms with Crippen molar-refractivity contribution in [1.29, 1.82) is 0 Å². The predicted octanol–water partition coefficient (Wildman–Crippen LogP) is 2.51. The van der Waals surface area contributed by atoms with Crippen LogP contribution in [-0.2, 0) is 0 Å². The standard InChI is InChI=1S/C15H24FN3OS/c1-4-17-15(18-8-9-21-3)19-11-12(2)20-14-7-5-6-13(16)10-14/h5-7,10,12H,4,8-9,11H2,1-3H3,(H2,17,18,19). The Balaban J connectivity index is 2.46. The van der Waals surface area contributed by atoms with Gasteiger partial charge in [0.25, 0.3) is 0 Å². The van der Waals surface area contributed by atoms with Gasteiger partial charge in [-0.05, 0) is 32.2 Å². The van der Waals surface area contributed by atoms with E-state index in [1.54, 1.807) is 23.9 Å². The summed E-state index contributed by atoms with van der Waals surface area (Å²) in [6.45, 7) is 6.12. The van der Waals surface area contributed by atoms with Crippen molar-refractivity contribution in [2.45, 2.75) is 20.0 Å². The Kier molecular flexibility index (Phi) is 8.66. The highest BCUT2D eigenvalue weighted by Gasteiger charge is 2.05. The Morgan fingerprint density at radius 3 is 2.90 bits per heavy atom. The van der Waals surface area contributed by atoms with E-state index in [9.17, 15) is 4.39 Å². The number of thioether (sulfide) groups is 1. The SMILES string of the molecule is CCNC(=NCC(C)Oc1cccc(F)c1)NCCSC. The molecule has 6 heteroatoms. The number of nitrogens with zero attached hydrogens (tertiary/aromatic N) is 1. The number of benzene rings is 1. The van der Waals surface area contributed by atoms with E-state index in [1.807, 2.05) is 13.8 Å². The Morgan fingerprint density at radius 1 is 1.43 bits per heavy atom. The van der Waals surface area contributed by atoms with Gasteiger partial charge < -0.3 is 15.4 Å². The number of rotatable bonds is 8. The number of hydrogen-bond donors (Lipinski definition) is 2. The lowest BCUT2D eigenvalue weighted by molar-refractivity contribution is 0.229. The van der Waals surface area contributed by atoms with Gasteiger partial charge in [0.05, 0.1) is 6.54 Å². The second kappa shape index (κ2) is 10.3. The fourth-order valence-electron chi connectivity index (χ4n) is 1.64. The van der Waals surface area contributed by atoms with Gasteiger partial charge in [0.2, 0.25) is 0 Å². The first-order valence-corrected chi connectivity index (χ1v) is 8.48. The molecule has 1 aromatic rings. The van der Waals surface area contributed by atoms with Crippen molar-refractivity contribution in [2.24, 2.45) is 4.99 Å². The fourth-order valence-corrected chi connectivity index (χ4v) is 1.95. The molecule has 0 amide bonds. The Bertz CT molecular complexity index is 443. The van der Waals surface area contributed by atoms with Crippen LogP contribution in [0.2, 0.25) is 0 Å². The van der Waals surface area contributed by atoms with Gasteiger partial charge in [-0.1, -0.05) is 6.07 Å². The number of guanidine groups is 1. The summed E-state index contributed by atoms with van der Waals surface area (Å²) in [6, 6.07) is 6.15. The van der Waals surface area contributed by atoms with E-state index in [0.29, 0.717) is 12.3 Å². The van der Waals surface area contributed by atoms with Crippen molar-refractivity contribution in [1.82, 2.24) is 10.6 Å². The van der Waals surface area contributed by atoms with Crippen LogP contribution in [0.3, 0.4) is 0 Å². The lowest BCUT2D eigenvalue weighted by Gasteiger charge is -2.15. The maximum atomic E-state index is 13.1. The van der Waals surface area contributed by atoms with E-state index in [-0.39, 0.29) is 11.9 Å². The van der Waals surface area contributed by atoms with Crippen molar-refractivity contribution in [2.75, 3.05) is 31.6 Å². The molecule has 0 saturated heterocycles. The van der Waals surface area contributed by atoms with Gasteiger partial charge in [-0.15, -0.1) is 0 Å².